The van der Waals surface area contributed by atoms with E-state index in [0.29, 0.717) is 0 Å². The van der Waals surface area contributed by atoms with Crippen LogP contribution >= 0.6 is 25.8 Å². The Bertz CT molecular complexity index is 74.7. The highest BCUT2D eigenvalue weighted by Crippen LogP contribution is 2.28. The molecule has 0 saturated carbocycles. The first-order valence-electron chi connectivity index (χ1n) is 3.85. The van der Waals surface area contributed by atoms with Crippen molar-refractivity contribution in [3.05, 3.63) is 0 Å². The van der Waals surface area contributed by atoms with Gasteiger partial charge < -0.3 is 5.32 Å². The van der Waals surface area contributed by atoms with Crippen LogP contribution in [0.3, 0.4) is 0 Å². The van der Waals surface area contributed by atoms with Gasteiger partial charge in [0.05, 0.1) is 8.07 Å². The Balaban J connectivity index is 0. The molecular formula is C6H22NP3Si. The molecule has 11 heavy (non-hydrogen) atoms. The standard InChI is InChI=1S/C6H17NSi.H5P3/c1-5-7-6-8(2,3)4;1-3-2/h7H,5-6H2,1-4H3;3H,1-2H2. The summed E-state index contributed by atoms with van der Waals surface area (Å²) in [4.78, 5) is 0. The molecule has 1 N–H and O–H groups in total. The van der Waals surface area contributed by atoms with Crippen molar-refractivity contribution in [2.24, 2.45) is 0 Å². The van der Waals surface area contributed by atoms with Crippen LogP contribution in [0, 0.1) is 0 Å². The third-order valence-electron chi connectivity index (χ3n) is 0.905. The number of rotatable bonds is 3. The van der Waals surface area contributed by atoms with Crippen LogP contribution in [0.2, 0.25) is 19.6 Å². The molecule has 0 heterocycles. The molecule has 0 amide bonds. The van der Waals surface area contributed by atoms with Gasteiger partial charge in [0.15, 0.2) is 0 Å². The van der Waals surface area contributed by atoms with E-state index in [1.54, 1.807) is 0 Å². The van der Waals surface area contributed by atoms with Crippen molar-refractivity contribution in [3.8, 4) is 0 Å². The lowest BCUT2D eigenvalue weighted by molar-refractivity contribution is 0.818. The topological polar surface area (TPSA) is 12.0 Å². The fraction of sp³-hybridized carbons (Fsp3) is 1.00. The zero-order valence-electron chi connectivity index (χ0n) is 8.07. The summed E-state index contributed by atoms with van der Waals surface area (Å²) in [5.41, 5.74) is 0. The minimum Gasteiger partial charge on any atom is -0.320 e. The first-order chi connectivity index (χ1) is 4.97. The van der Waals surface area contributed by atoms with Crippen molar-refractivity contribution in [2.45, 2.75) is 26.6 Å². The smallest absolute Gasteiger partial charge is 0.0595 e. The summed E-state index contributed by atoms with van der Waals surface area (Å²) in [5.74, 6) is 0. The molecule has 1 nitrogen and oxygen atoms in total. The van der Waals surface area contributed by atoms with E-state index in [1.807, 2.05) is 0 Å². The monoisotopic (exact) mass is 229 g/mol. The molecule has 70 valence electrons. The lowest BCUT2D eigenvalue weighted by Crippen LogP contribution is -2.36. The zero-order chi connectivity index (χ0) is 9.33. The molecule has 0 aromatic carbocycles. The van der Waals surface area contributed by atoms with Gasteiger partial charge in [0.2, 0.25) is 0 Å². The minimum atomic E-state index is -0.789. The van der Waals surface area contributed by atoms with Crippen molar-refractivity contribution in [1.29, 1.82) is 0 Å². The third kappa shape index (κ3) is 24.6. The second kappa shape index (κ2) is 9.55. The Labute approximate surface area is 78.9 Å². The predicted molar refractivity (Wildman–Crippen MR) is 69.6 cm³/mol. The highest BCUT2D eigenvalue weighted by atomic mass is 32.4. The van der Waals surface area contributed by atoms with Gasteiger partial charge in [-0.15, -0.1) is 17.9 Å². The molecule has 0 aliphatic rings. The summed E-state index contributed by atoms with van der Waals surface area (Å²) >= 11 is 0. The van der Waals surface area contributed by atoms with E-state index in [2.05, 4.69) is 49.7 Å². The van der Waals surface area contributed by atoms with E-state index in [4.69, 9.17) is 0 Å². The van der Waals surface area contributed by atoms with Gasteiger partial charge in [-0.3, -0.25) is 0 Å². The van der Waals surface area contributed by atoms with Gasteiger partial charge in [0.1, 0.15) is 0 Å². The fourth-order valence-corrected chi connectivity index (χ4v) is 1.50. The van der Waals surface area contributed by atoms with E-state index in [1.165, 1.54) is 6.17 Å². The Hall–Kier alpha value is 1.47. The molecule has 2 unspecified atom stereocenters. The molecule has 0 radical (unpaired) electrons. The van der Waals surface area contributed by atoms with Gasteiger partial charge in [0.25, 0.3) is 0 Å². The molecule has 0 spiro atoms. The molecule has 0 aromatic rings. The molecule has 0 aromatic heterocycles. The van der Waals surface area contributed by atoms with Crippen molar-refractivity contribution < 1.29 is 0 Å². The summed E-state index contributed by atoms with van der Waals surface area (Å²) in [6.07, 6.45) is 1.25. The largest absolute Gasteiger partial charge is 0.320 e. The summed E-state index contributed by atoms with van der Waals surface area (Å²) in [6.45, 7) is 10.4. The zero-order valence-corrected chi connectivity index (χ0v) is 12.4. The second-order valence-electron chi connectivity index (χ2n) is 3.51. The molecular weight excluding hydrogens is 207 g/mol. The van der Waals surface area contributed by atoms with Gasteiger partial charge >= 0.3 is 0 Å². The Morgan fingerprint density at radius 1 is 1.27 bits per heavy atom. The number of hydrogen-bond acceptors (Lipinski definition) is 1. The molecule has 2 atom stereocenters. The van der Waals surface area contributed by atoms with Crippen LogP contribution in [0.15, 0.2) is 0 Å². The third-order valence-corrected chi connectivity index (χ3v) is 2.22. The number of hydrogen-bond donors (Lipinski definition) is 1. The van der Waals surface area contributed by atoms with E-state index in [0.717, 1.165) is 14.5 Å². The SMILES string of the molecule is CCNC[Si](C)(C)C.PPP. The van der Waals surface area contributed by atoms with Crippen molar-refractivity contribution in [1.82, 2.24) is 5.32 Å². The van der Waals surface area contributed by atoms with Crippen molar-refractivity contribution >= 4 is 33.9 Å². The van der Waals surface area contributed by atoms with Crippen LogP contribution in [0.4, 0.5) is 0 Å². The van der Waals surface area contributed by atoms with E-state index in [-0.39, 0.29) is 0 Å². The van der Waals surface area contributed by atoms with Crippen LogP contribution in [0.25, 0.3) is 0 Å². The summed E-state index contributed by atoms with van der Waals surface area (Å²) in [6, 6.07) is 0. The van der Waals surface area contributed by atoms with Crippen LogP contribution < -0.4 is 5.32 Å². The maximum absolute atomic E-state index is 3.35. The lowest BCUT2D eigenvalue weighted by Gasteiger charge is -2.14. The molecule has 0 rings (SSSR count). The molecule has 0 saturated heterocycles. The van der Waals surface area contributed by atoms with Crippen LogP contribution in [-0.4, -0.2) is 20.8 Å². The highest BCUT2D eigenvalue weighted by molar-refractivity contribution is 8.33. The summed E-state index contributed by atoms with van der Waals surface area (Å²) in [7, 11) is 5.27. The van der Waals surface area contributed by atoms with Crippen LogP contribution in [0.5, 0.6) is 0 Å². The Morgan fingerprint density at radius 2 is 1.64 bits per heavy atom. The average molecular weight is 229 g/mol. The Kier molecular flexibility index (Phi) is 13.0. The normalized spacial score (nSPS) is 10.4. The summed E-state index contributed by atoms with van der Waals surface area (Å²) in [5, 5.41) is 3.35. The van der Waals surface area contributed by atoms with Gasteiger partial charge in [-0.05, 0) is 12.7 Å². The Morgan fingerprint density at radius 3 is 1.73 bits per heavy atom. The van der Waals surface area contributed by atoms with Crippen LogP contribution in [-0.2, 0) is 0 Å². The van der Waals surface area contributed by atoms with Crippen molar-refractivity contribution in [2.75, 3.05) is 12.7 Å². The minimum absolute atomic E-state index is 0.789. The predicted octanol–water partition coefficient (Wildman–Crippen LogP) is 2.72. The lowest BCUT2D eigenvalue weighted by atomic mass is 10.8. The molecule has 0 aliphatic heterocycles. The van der Waals surface area contributed by atoms with Gasteiger partial charge in [-0.2, -0.15) is 0 Å². The van der Waals surface area contributed by atoms with Crippen molar-refractivity contribution in [3.63, 3.8) is 0 Å². The maximum atomic E-state index is 3.35. The second-order valence-corrected chi connectivity index (χ2v) is 13.3. The molecule has 0 fully saturated rings. The quantitative estimate of drug-likeness (QED) is 0.579. The van der Waals surface area contributed by atoms with Gasteiger partial charge in [0, 0.05) is 0 Å². The molecule has 0 aliphatic carbocycles. The van der Waals surface area contributed by atoms with E-state index < -0.39 is 8.07 Å². The van der Waals surface area contributed by atoms with E-state index in [9.17, 15) is 0 Å². The maximum Gasteiger partial charge on any atom is 0.0595 e. The first kappa shape index (κ1) is 15.0. The van der Waals surface area contributed by atoms with Gasteiger partial charge in [-0.1, -0.05) is 34.5 Å². The highest BCUT2D eigenvalue weighted by Gasteiger charge is 2.10. The molecule has 5 heteroatoms. The average Bonchev–Trinajstić information content (AvgIpc) is 1.84. The summed E-state index contributed by atoms with van der Waals surface area (Å²) < 4.78 is 0. The molecule has 0 bridgehead atoms. The first-order valence-corrected chi connectivity index (χ1v) is 12.2. The van der Waals surface area contributed by atoms with Gasteiger partial charge in [-0.25, -0.2) is 0 Å². The number of nitrogens with one attached hydrogen (secondary N) is 1. The van der Waals surface area contributed by atoms with Crippen LogP contribution in [0.1, 0.15) is 6.92 Å². The fourth-order valence-electron chi connectivity index (χ4n) is 0.500. The van der Waals surface area contributed by atoms with E-state index >= 15 is 0 Å².